The molecule has 0 aliphatic carbocycles. The Hall–Kier alpha value is -3.28. The molecule has 37 heavy (non-hydrogen) atoms. The van der Waals surface area contributed by atoms with Crippen LogP contribution in [0.25, 0.3) is 5.57 Å². The molecule has 2 atom stereocenters. The van der Waals surface area contributed by atoms with E-state index in [9.17, 15) is 9.90 Å². The number of rotatable bonds is 11. The Morgan fingerprint density at radius 3 is 2.43 bits per heavy atom. The molecule has 6 heteroatoms. The number of benzene rings is 1. The number of carbonyl (C=O) groups excluding carboxylic acids is 1. The van der Waals surface area contributed by atoms with Gasteiger partial charge in [0, 0.05) is 24.7 Å². The first kappa shape index (κ1) is 29.9. The summed E-state index contributed by atoms with van der Waals surface area (Å²) in [6.07, 6.45) is 12.1. The van der Waals surface area contributed by atoms with E-state index in [2.05, 4.69) is 30.6 Å². The van der Waals surface area contributed by atoms with Gasteiger partial charge < -0.3 is 15.3 Å². The van der Waals surface area contributed by atoms with E-state index in [0.717, 1.165) is 67.1 Å². The lowest BCUT2D eigenvalue weighted by Crippen LogP contribution is -2.53. The van der Waals surface area contributed by atoms with Gasteiger partial charge in [0.2, 0.25) is 0 Å². The number of aromatic hydroxyl groups is 1. The van der Waals surface area contributed by atoms with Gasteiger partial charge in [0.05, 0.1) is 5.41 Å². The predicted molar refractivity (Wildman–Crippen MR) is 158 cm³/mol. The zero-order chi connectivity index (χ0) is 27.6. The Bertz CT molecular complexity index is 1100. The number of phenols is 1. The van der Waals surface area contributed by atoms with Crippen LogP contribution in [0.15, 0.2) is 55.1 Å². The molecule has 6 nitrogen and oxygen atoms in total. The summed E-state index contributed by atoms with van der Waals surface area (Å²) in [6.45, 7) is 20.0. The van der Waals surface area contributed by atoms with Crippen LogP contribution in [0.2, 0.25) is 0 Å². The molecule has 0 amide bonds. The van der Waals surface area contributed by atoms with Gasteiger partial charge >= 0.3 is 0 Å². The van der Waals surface area contributed by atoms with Crippen molar-refractivity contribution in [1.82, 2.24) is 9.78 Å². The van der Waals surface area contributed by atoms with Gasteiger partial charge in [-0.2, -0.15) is 9.78 Å². The van der Waals surface area contributed by atoms with Crippen molar-refractivity contribution in [3.05, 3.63) is 66.4 Å². The maximum Gasteiger partial charge on any atom is 0.261 e. The Morgan fingerprint density at radius 2 is 1.86 bits per heavy atom. The topological polar surface area (TPSA) is 70.4 Å². The maximum absolute atomic E-state index is 14.1. The van der Waals surface area contributed by atoms with Crippen LogP contribution in [0, 0.1) is 0 Å². The molecule has 1 aliphatic heterocycles. The van der Waals surface area contributed by atoms with Crippen LogP contribution in [0.4, 0.5) is 11.5 Å². The van der Waals surface area contributed by atoms with Crippen molar-refractivity contribution >= 4 is 23.0 Å². The van der Waals surface area contributed by atoms with E-state index in [1.165, 1.54) is 0 Å². The van der Waals surface area contributed by atoms with Crippen LogP contribution in [0.1, 0.15) is 90.2 Å². The Kier molecular flexibility index (Phi) is 11.2. The zero-order valence-corrected chi connectivity index (χ0v) is 23.8. The highest BCUT2D eigenvalue weighted by Crippen LogP contribution is 2.43. The quantitative estimate of drug-likeness (QED) is 0.243. The summed E-state index contributed by atoms with van der Waals surface area (Å²) in [5.41, 5.74) is 2.67. The second-order valence-electron chi connectivity index (χ2n) is 9.43. The fraction of sp³-hybridized carbons (Fsp3) is 0.484. The summed E-state index contributed by atoms with van der Waals surface area (Å²) in [5.74, 6) is 0.844. The number of hydrogen-bond acceptors (Lipinski definition) is 5. The lowest BCUT2D eigenvalue weighted by atomic mass is 9.74. The fourth-order valence-corrected chi connectivity index (χ4v) is 4.79. The zero-order valence-electron chi connectivity index (χ0n) is 23.8. The van der Waals surface area contributed by atoms with Crippen LogP contribution >= 0.6 is 0 Å². The van der Waals surface area contributed by atoms with Crippen LogP contribution in [-0.2, 0) is 5.41 Å². The number of phenolic OH excluding ortho intramolecular Hbond substituents is 1. The Labute approximate surface area is 223 Å². The second kappa shape index (κ2) is 13.9. The molecule has 0 bridgehead atoms. The number of nitrogens with one attached hydrogen (secondary N) is 1. The average molecular weight is 507 g/mol. The van der Waals surface area contributed by atoms with Gasteiger partial charge in [0.1, 0.15) is 17.1 Å². The second-order valence-corrected chi connectivity index (χ2v) is 9.43. The lowest BCUT2D eigenvalue weighted by Gasteiger charge is -2.40. The van der Waals surface area contributed by atoms with E-state index in [0.29, 0.717) is 0 Å². The number of carbonyl (C=O) groups is 1. The van der Waals surface area contributed by atoms with Crippen molar-refractivity contribution in [1.29, 1.82) is 0 Å². The van der Waals surface area contributed by atoms with Gasteiger partial charge in [-0.3, -0.25) is 4.79 Å². The first-order valence-electron chi connectivity index (χ1n) is 13.8. The molecular formula is C31H46N4O2. The normalized spacial score (nSPS) is 19.2. The third-order valence-electron chi connectivity index (χ3n) is 6.94. The number of nitrogens with zero attached hydrogens (tertiary/aromatic N) is 3. The molecule has 0 spiro atoms. The standard InChI is InChI=1S/C29H40N4O2.C2H6/c1-7-11-12-20-32(19-10-4)26-25(22(13-8-2)14-9-3)31-33-27(26)30-21(5)29(6,28(33)35)23-15-17-24(34)18-16-23;1-2/h8-9,13-18,21,30,34H,2,7,10-12,19-20H2,1,3-6H3;1-2H3/b14-9-,22-13+;/t21-,29?;/m1./s1. The predicted octanol–water partition coefficient (Wildman–Crippen LogP) is 7.58. The highest BCUT2D eigenvalue weighted by molar-refractivity contribution is 5.99. The summed E-state index contributed by atoms with van der Waals surface area (Å²) < 4.78 is 1.56. The van der Waals surface area contributed by atoms with E-state index < -0.39 is 5.41 Å². The van der Waals surface area contributed by atoms with Crippen molar-refractivity contribution in [2.45, 2.75) is 85.6 Å². The molecule has 1 aromatic heterocycles. The Morgan fingerprint density at radius 1 is 1.19 bits per heavy atom. The lowest BCUT2D eigenvalue weighted by molar-refractivity contribution is 0.0763. The first-order valence-corrected chi connectivity index (χ1v) is 13.8. The summed E-state index contributed by atoms with van der Waals surface area (Å²) in [4.78, 5) is 16.5. The van der Waals surface area contributed by atoms with Crippen molar-refractivity contribution in [3.8, 4) is 5.75 Å². The number of hydrogen-bond donors (Lipinski definition) is 2. The molecule has 2 N–H and O–H groups in total. The van der Waals surface area contributed by atoms with Crippen molar-refractivity contribution in [2.24, 2.45) is 0 Å². The van der Waals surface area contributed by atoms with E-state index in [1.54, 1.807) is 22.9 Å². The number of aromatic nitrogens is 2. The van der Waals surface area contributed by atoms with Gasteiger partial charge in [0.25, 0.3) is 5.91 Å². The molecule has 1 unspecified atom stereocenters. The molecule has 2 heterocycles. The molecular weight excluding hydrogens is 460 g/mol. The van der Waals surface area contributed by atoms with Gasteiger partial charge in [-0.15, -0.1) is 0 Å². The highest BCUT2D eigenvalue weighted by atomic mass is 16.3. The van der Waals surface area contributed by atoms with E-state index in [1.807, 2.05) is 65.0 Å². The third kappa shape index (κ3) is 6.17. The highest BCUT2D eigenvalue weighted by Gasteiger charge is 2.48. The van der Waals surface area contributed by atoms with Gasteiger partial charge in [-0.05, 0) is 51.3 Å². The van der Waals surface area contributed by atoms with E-state index in [4.69, 9.17) is 5.10 Å². The van der Waals surface area contributed by atoms with Crippen LogP contribution in [-0.4, -0.2) is 39.9 Å². The molecule has 0 radical (unpaired) electrons. The SMILES string of the molecule is C=C/C=C(\C=C/C)c1nn2c(c1N(CCC)CCCCC)N[C@H](C)C(C)(c1ccc(O)cc1)C2=O.CC. The van der Waals surface area contributed by atoms with Crippen molar-refractivity contribution < 1.29 is 9.90 Å². The van der Waals surface area contributed by atoms with Crippen molar-refractivity contribution in [2.75, 3.05) is 23.3 Å². The van der Waals surface area contributed by atoms with E-state index >= 15 is 0 Å². The molecule has 1 aliphatic rings. The summed E-state index contributed by atoms with van der Waals surface area (Å²) in [7, 11) is 0. The molecule has 0 saturated carbocycles. The largest absolute Gasteiger partial charge is 0.508 e. The molecule has 0 saturated heterocycles. The summed E-state index contributed by atoms with van der Waals surface area (Å²) >= 11 is 0. The monoisotopic (exact) mass is 506 g/mol. The van der Waals surface area contributed by atoms with Crippen LogP contribution in [0.5, 0.6) is 5.75 Å². The fourth-order valence-electron chi connectivity index (χ4n) is 4.79. The maximum atomic E-state index is 14.1. The van der Waals surface area contributed by atoms with Crippen molar-refractivity contribution in [3.63, 3.8) is 0 Å². The number of anilines is 2. The van der Waals surface area contributed by atoms with Gasteiger partial charge in [0.15, 0.2) is 5.82 Å². The molecule has 1 aromatic carbocycles. The summed E-state index contributed by atoms with van der Waals surface area (Å²) in [5, 5.41) is 18.4. The van der Waals surface area contributed by atoms with Crippen LogP contribution in [0.3, 0.4) is 0 Å². The minimum absolute atomic E-state index is 0.0830. The van der Waals surface area contributed by atoms with E-state index in [-0.39, 0.29) is 17.7 Å². The van der Waals surface area contributed by atoms with Crippen LogP contribution < -0.4 is 10.2 Å². The molecule has 3 rings (SSSR count). The molecule has 0 fully saturated rings. The minimum atomic E-state index is -0.845. The number of allylic oxidation sites excluding steroid dienone is 5. The average Bonchev–Trinajstić information content (AvgIpc) is 3.27. The first-order chi connectivity index (χ1) is 17.8. The number of fused-ring (bicyclic) bond motifs is 1. The molecule has 2 aromatic rings. The third-order valence-corrected chi connectivity index (χ3v) is 6.94. The number of unbranched alkanes of at least 4 members (excludes halogenated alkanes) is 2. The smallest absolute Gasteiger partial charge is 0.261 e. The minimum Gasteiger partial charge on any atom is -0.508 e. The van der Waals surface area contributed by atoms with Gasteiger partial charge in [-0.1, -0.05) is 83.6 Å². The Balaban J connectivity index is 0.00000235. The summed E-state index contributed by atoms with van der Waals surface area (Å²) in [6, 6.07) is 6.72. The van der Waals surface area contributed by atoms with Gasteiger partial charge in [-0.25, -0.2) is 0 Å². The molecule has 202 valence electrons.